The van der Waals surface area contributed by atoms with Gasteiger partial charge in [-0.05, 0) is 32.4 Å². The van der Waals surface area contributed by atoms with Crippen LogP contribution in [-0.2, 0) is 17.1 Å². The van der Waals surface area contributed by atoms with E-state index in [4.69, 9.17) is 0 Å². The van der Waals surface area contributed by atoms with Crippen LogP contribution in [0.3, 0.4) is 0 Å². The number of halogens is 1. The van der Waals surface area contributed by atoms with Crippen molar-refractivity contribution in [3.05, 3.63) is 12.4 Å². The molecule has 1 N–H and O–H groups in total. The highest BCUT2D eigenvalue weighted by Gasteiger charge is 2.30. The Morgan fingerprint density at radius 3 is 2.84 bits per heavy atom. The van der Waals surface area contributed by atoms with Gasteiger partial charge in [0.05, 0.1) is 6.20 Å². The van der Waals surface area contributed by atoms with E-state index in [1.807, 2.05) is 7.05 Å². The van der Waals surface area contributed by atoms with Crippen LogP contribution >= 0.6 is 12.4 Å². The standard InChI is InChI=1S/C11H20N4O2S.ClH/c1-12-6-10-4-3-5-15(8-10)18(16,17)11-7-13-14(2)9-11;/h7,9-10,12H,3-6,8H2,1-2H3;1H. The van der Waals surface area contributed by atoms with Gasteiger partial charge in [0.25, 0.3) is 0 Å². The molecule has 0 bridgehead atoms. The molecule has 110 valence electrons. The minimum Gasteiger partial charge on any atom is -0.319 e. The van der Waals surface area contributed by atoms with E-state index < -0.39 is 10.0 Å². The van der Waals surface area contributed by atoms with E-state index in [9.17, 15) is 8.42 Å². The molecule has 1 unspecified atom stereocenters. The van der Waals surface area contributed by atoms with Crippen LogP contribution in [0.25, 0.3) is 0 Å². The lowest BCUT2D eigenvalue weighted by Gasteiger charge is -2.31. The van der Waals surface area contributed by atoms with E-state index in [1.54, 1.807) is 17.5 Å². The van der Waals surface area contributed by atoms with Gasteiger partial charge in [-0.3, -0.25) is 4.68 Å². The predicted octanol–water partition coefficient (Wildman–Crippen LogP) is 0.462. The van der Waals surface area contributed by atoms with Crippen molar-refractivity contribution in [1.82, 2.24) is 19.4 Å². The molecule has 1 aromatic rings. The highest BCUT2D eigenvalue weighted by atomic mass is 35.5. The first-order valence-corrected chi connectivity index (χ1v) is 7.61. The van der Waals surface area contributed by atoms with Gasteiger partial charge in [0, 0.05) is 26.3 Å². The number of aryl methyl sites for hydroxylation is 1. The van der Waals surface area contributed by atoms with Gasteiger partial charge >= 0.3 is 0 Å². The van der Waals surface area contributed by atoms with Gasteiger partial charge in [-0.25, -0.2) is 8.42 Å². The second-order valence-electron chi connectivity index (χ2n) is 4.78. The van der Waals surface area contributed by atoms with Crippen LogP contribution in [-0.4, -0.2) is 49.2 Å². The average molecular weight is 309 g/mol. The predicted molar refractivity (Wildman–Crippen MR) is 75.9 cm³/mol. The zero-order valence-electron chi connectivity index (χ0n) is 11.2. The van der Waals surface area contributed by atoms with Crippen molar-refractivity contribution in [2.75, 3.05) is 26.7 Å². The van der Waals surface area contributed by atoms with E-state index in [2.05, 4.69) is 10.4 Å². The minimum absolute atomic E-state index is 0. The number of nitrogens with zero attached hydrogens (tertiary/aromatic N) is 3. The van der Waals surface area contributed by atoms with Crippen molar-refractivity contribution < 1.29 is 8.42 Å². The maximum absolute atomic E-state index is 12.4. The van der Waals surface area contributed by atoms with Crippen LogP contribution in [0.2, 0.25) is 0 Å². The van der Waals surface area contributed by atoms with Crippen molar-refractivity contribution in [2.45, 2.75) is 17.7 Å². The van der Waals surface area contributed by atoms with Gasteiger partial charge in [0.1, 0.15) is 4.90 Å². The molecule has 1 aromatic heterocycles. The van der Waals surface area contributed by atoms with E-state index in [0.29, 0.717) is 19.0 Å². The third-order valence-electron chi connectivity index (χ3n) is 3.29. The van der Waals surface area contributed by atoms with Crippen molar-refractivity contribution >= 4 is 22.4 Å². The summed E-state index contributed by atoms with van der Waals surface area (Å²) in [5.74, 6) is 0.398. The average Bonchev–Trinajstić information content (AvgIpc) is 2.77. The van der Waals surface area contributed by atoms with Gasteiger partial charge in [-0.1, -0.05) is 0 Å². The molecule has 0 radical (unpaired) electrons. The molecule has 0 aromatic carbocycles. The summed E-state index contributed by atoms with van der Waals surface area (Å²) < 4.78 is 27.9. The Morgan fingerprint density at radius 2 is 2.26 bits per heavy atom. The fourth-order valence-corrected chi connectivity index (χ4v) is 3.92. The summed E-state index contributed by atoms with van der Waals surface area (Å²) in [6.07, 6.45) is 4.97. The molecule has 0 saturated carbocycles. The molecular weight excluding hydrogens is 288 g/mol. The molecule has 1 aliphatic heterocycles. The lowest BCUT2D eigenvalue weighted by molar-refractivity contribution is 0.263. The zero-order chi connectivity index (χ0) is 13.2. The Hall–Kier alpha value is -0.630. The van der Waals surface area contributed by atoms with Crippen LogP contribution in [0, 0.1) is 5.92 Å². The molecule has 0 aliphatic carbocycles. The SMILES string of the molecule is CNCC1CCCN(S(=O)(=O)c2cnn(C)c2)C1.Cl. The van der Waals surface area contributed by atoms with Gasteiger partial charge < -0.3 is 5.32 Å². The Morgan fingerprint density at radius 1 is 1.53 bits per heavy atom. The summed E-state index contributed by atoms with van der Waals surface area (Å²) in [6.45, 7) is 2.06. The lowest BCUT2D eigenvalue weighted by atomic mass is 10.00. The first-order valence-electron chi connectivity index (χ1n) is 6.17. The molecule has 0 spiro atoms. The second-order valence-corrected chi connectivity index (χ2v) is 6.72. The number of piperidine rings is 1. The van der Waals surface area contributed by atoms with Crippen LogP contribution < -0.4 is 5.32 Å². The number of aromatic nitrogens is 2. The number of rotatable bonds is 4. The summed E-state index contributed by atoms with van der Waals surface area (Å²) in [6, 6.07) is 0. The van der Waals surface area contributed by atoms with Crippen molar-refractivity contribution in [3.8, 4) is 0 Å². The van der Waals surface area contributed by atoms with Gasteiger partial charge in [-0.15, -0.1) is 12.4 Å². The molecule has 8 heteroatoms. The first kappa shape index (κ1) is 16.4. The molecule has 1 saturated heterocycles. The second kappa shape index (κ2) is 6.69. The van der Waals surface area contributed by atoms with Gasteiger partial charge in [-0.2, -0.15) is 9.40 Å². The lowest BCUT2D eigenvalue weighted by Crippen LogP contribution is -2.42. The number of nitrogens with one attached hydrogen (secondary N) is 1. The molecule has 2 heterocycles. The molecule has 1 atom stereocenters. The van der Waals surface area contributed by atoms with Crippen LogP contribution in [0.4, 0.5) is 0 Å². The number of hydrogen-bond acceptors (Lipinski definition) is 4. The molecular formula is C11H21ClN4O2S. The molecule has 0 amide bonds. The molecule has 1 fully saturated rings. The van der Waals surface area contributed by atoms with Crippen LogP contribution in [0.15, 0.2) is 17.3 Å². The highest BCUT2D eigenvalue weighted by molar-refractivity contribution is 7.89. The Labute approximate surface area is 120 Å². The summed E-state index contributed by atoms with van der Waals surface area (Å²) in [7, 11) is 0.248. The normalized spacial score (nSPS) is 21.1. The van der Waals surface area contributed by atoms with Crippen LogP contribution in [0.5, 0.6) is 0 Å². The van der Waals surface area contributed by atoms with E-state index in [1.165, 1.54) is 10.9 Å². The largest absolute Gasteiger partial charge is 0.319 e. The third kappa shape index (κ3) is 3.68. The Balaban J connectivity index is 0.00000180. The van der Waals surface area contributed by atoms with Gasteiger partial charge in [0.15, 0.2) is 0 Å². The fraction of sp³-hybridized carbons (Fsp3) is 0.727. The molecule has 2 rings (SSSR count). The highest BCUT2D eigenvalue weighted by Crippen LogP contribution is 2.22. The van der Waals surface area contributed by atoms with Crippen molar-refractivity contribution in [2.24, 2.45) is 13.0 Å². The quantitative estimate of drug-likeness (QED) is 0.877. The molecule has 6 nitrogen and oxygen atoms in total. The summed E-state index contributed by atoms with van der Waals surface area (Å²) in [5.41, 5.74) is 0. The van der Waals surface area contributed by atoms with Gasteiger partial charge in [0.2, 0.25) is 10.0 Å². The maximum atomic E-state index is 12.4. The number of hydrogen-bond donors (Lipinski definition) is 1. The topological polar surface area (TPSA) is 67.2 Å². The fourth-order valence-electron chi connectivity index (χ4n) is 2.38. The first-order chi connectivity index (χ1) is 8.54. The van der Waals surface area contributed by atoms with Crippen LogP contribution in [0.1, 0.15) is 12.8 Å². The van der Waals surface area contributed by atoms with E-state index in [0.717, 1.165) is 19.4 Å². The third-order valence-corrected chi connectivity index (χ3v) is 5.11. The molecule has 19 heavy (non-hydrogen) atoms. The summed E-state index contributed by atoms with van der Waals surface area (Å²) in [4.78, 5) is 0.287. The summed E-state index contributed by atoms with van der Waals surface area (Å²) >= 11 is 0. The van der Waals surface area contributed by atoms with E-state index in [-0.39, 0.29) is 17.3 Å². The number of sulfonamides is 1. The monoisotopic (exact) mass is 308 g/mol. The Kier molecular flexibility index (Phi) is 5.79. The molecule has 1 aliphatic rings. The minimum atomic E-state index is -3.37. The zero-order valence-corrected chi connectivity index (χ0v) is 12.9. The maximum Gasteiger partial charge on any atom is 0.246 e. The Bertz CT molecular complexity index is 501. The van der Waals surface area contributed by atoms with Crippen molar-refractivity contribution in [1.29, 1.82) is 0 Å². The van der Waals surface area contributed by atoms with Crippen molar-refractivity contribution in [3.63, 3.8) is 0 Å². The van der Waals surface area contributed by atoms with E-state index >= 15 is 0 Å². The summed E-state index contributed by atoms with van der Waals surface area (Å²) in [5, 5.41) is 7.05. The smallest absolute Gasteiger partial charge is 0.246 e.